The summed E-state index contributed by atoms with van der Waals surface area (Å²) in [7, 11) is 0. The van der Waals surface area contributed by atoms with Crippen LogP contribution in [-0.4, -0.2) is 47.8 Å². The number of aryl methyl sites for hydroxylation is 1. The van der Waals surface area contributed by atoms with Crippen LogP contribution in [0.1, 0.15) is 29.3 Å². The minimum atomic E-state index is 0.0710. The van der Waals surface area contributed by atoms with Gasteiger partial charge in [-0.05, 0) is 18.6 Å². The molecule has 4 heteroatoms. The lowest BCUT2D eigenvalue weighted by atomic mass is 10.1. The van der Waals surface area contributed by atoms with Crippen LogP contribution < -0.4 is 0 Å². The van der Waals surface area contributed by atoms with Crippen molar-refractivity contribution in [3.63, 3.8) is 0 Å². The van der Waals surface area contributed by atoms with Crippen molar-refractivity contribution in [2.75, 3.05) is 26.2 Å². The molecule has 1 fully saturated rings. The number of nitrogens with zero attached hydrogens (tertiary/aromatic N) is 2. The van der Waals surface area contributed by atoms with E-state index in [-0.39, 0.29) is 11.8 Å². The average molecular weight is 260 g/mol. The first-order valence-electron chi connectivity index (χ1n) is 6.76. The van der Waals surface area contributed by atoms with Crippen molar-refractivity contribution in [3.8, 4) is 0 Å². The molecule has 102 valence electrons. The molecule has 0 aromatic heterocycles. The third-order valence-electron chi connectivity index (χ3n) is 3.60. The van der Waals surface area contributed by atoms with E-state index in [9.17, 15) is 9.59 Å². The SMILES string of the molecule is CCC(=O)N1CCN(C(=O)c2ccccc2C)CC1. The molecule has 1 aromatic carbocycles. The predicted octanol–water partition coefficient (Wildman–Crippen LogP) is 1.69. The molecule has 4 nitrogen and oxygen atoms in total. The van der Waals surface area contributed by atoms with Gasteiger partial charge in [0, 0.05) is 38.2 Å². The first-order chi connectivity index (χ1) is 9.13. The molecule has 19 heavy (non-hydrogen) atoms. The molecular weight excluding hydrogens is 240 g/mol. The molecule has 0 unspecified atom stereocenters. The predicted molar refractivity (Wildman–Crippen MR) is 74.0 cm³/mol. The van der Waals surface area contributed by atoms with Crippen molar-refractivity contribution in [1.29, 1.82) is 0 Å². The summed E-state index contributed by atoms with van der Waals surface area (Å²) in [5, 5.41) is 0. The zero-order valence-electron chi connectivity index (χ0n) is 11.6. The van der Waals surface area contributed by atoms with Crippen LogP contribution in [0.2, 0.25) is 0 Å². The fourth-order valence-electron chi connectivity index (χ4n) is 2.37. The van der Waals surface area contributed by atoms with Crippen LogP contribution in [0.15, 0.2) is 24.3 Å². The van der Waals surface area contributed by atoms with Crippen LogP contribution in [0.3, 0.4) is 0 Å². The van der Waals surface area contributed by atoms with E-state index in [4.69, 9.17) is 0 Å². The van der Waals surface area contributed by atoms with Crippen LogP contribution in [0.25, 0.3) is 0 Å². The van der Waals surface area contributed by atoms with Gasteiger partial charge in [-0.2, -0.15) is 0 Å². The number of carbonyl (C=O) groups excluding carboxylic acids is 2. The Morgan fingerprint density at radius 2 is 1.63 bits per heavy atom. The lowest BCUT2D eigenvalue weighted by molar-refractivity contribution is -0.132. The van der Waals surface area contributed by atoms with Crippen molar-refractivity contribution in [1.82, 2.24) is 9.80 Å². The molecule has 1 aliphatic heterocycles. The van der Waals surface area contributed by atoms with Gasteiger partial charge in [0.15, 0.2) is 0 Å². The van der Waals surface area contributed by atoms with Crippen molar-refractivity contribution in [2.45, 2.75) is 20.3 Å². The monoisotopic (exact) mass is 260 g/mol. The van der Waals surface area contributed by atoms with E-state index in [1.54, 1.807) is 0 Å². The third kappa shape index (κ3) is 2.95. The number of hydrogen-bond donors (Lipinski definition) is 0. The van der Waals surface area contributed by atoms with E-state index < -0.39 is 0 Å². The number of carbonyl (C=O) groups is 2. The maximum absolute atomic E-state index is 12.4. The van der Waals surface area contributed by atoms with E-state index in [0.717, 1.165) is 11.1 Å². The molecule has 1 heterocycles. The standard InChI is InChI=1S/C15H20N2O2/c1-3-14(18)16-8-10-17(11-9-16)15(19)13-7-5-4-6-12(13)2/h4-7H,3,8-11H2,1-2H3. The van der Waals surface area contributed by atoms with Gasteiger partial charge in [-0.25, -0.2) is 0 Å². The van der Waals surface area contributed by atoms with E-state index in [0.29, 0.717) is 32.6 Å². The van der Waals surface area contributed by atoms with Crippen LogP contribution >= 0.6 is 0 Å². The Labute approximate surface area is 114 Å². The van der Waals surface area contributed by atoms with E-state index in [1.807, 2.05) is 47.9 Å². The summed E-state index contributed by atoms with van der Waals surface area (Å²) in [5.41, 5.74) is 1.76. The fourth-order valence-corrected chi connectivity index (χ4v) is 2.37. The molecule has 0 bridgehead atoms. The minimum absolute atomic E-state index is 0.0710. The maximum Gasteiger partial charge on any atom is 0.254 e. The Kier molecular flexibility index (Phi) is 4.20. The summed E-state index contributed by atoms with van der Waals surface area (Å²) >= 11 is 0. The lowest BCUT2D eigenvalue weighted by Gasteiger charge is -2.35. The zero-order chi connectivity index (χ0) is 13.8. The van der Waals surface area contributed by atoms with Gasteiger partial charge >= 0.3 is 0 Å². The second kappa shape index (κ2) is 5.87. The Morgan fingerprint density at radius 1 is 1.05 bits per heavy atom. The number of amides is 2. The van der Waals surface area contributed by atoms with Gasteiger partial charge < -0.3 is 9.80 Å². The van der Waals surface area contributed by atoms with Gasteiger partial charge in [0.1, 0.15) is 0 Å². The Hall–Kier alpha value is -1.84. The zero-order valence-corrected chi connectivity index (χ0v) is 11.6. The molecule has 0 saturated carbocycles. The third-order valence-corrected chi connectivity index (χ3v) is 3.60. The summed E-state index contributed by atoms with van der Waals surface area (Å²) < 4.78 is 0. The second-order valence-electron chi connectivity index (χ2n) is 4.84. The largest absolute Gasteiger partial charge is 0.339 e. The highest BCUT2D eigenvalue weighted by Crippen LogP contribution is 2.13. The summed E-state index contributed by atoms with van der Waals surface area (Å²) in [6.07, 6.45) is 0.533. The molecular formula is C15H20N2O2. The molecule has 0 aliphatic carbocycles. The highest BCUT2D eigenvalue weighted by molar-refractivity contribution is 5.95. The molecule has 1 aliphatic rings. The molecule has 0 atom stereocenters. The van der Waals surface area contributed by atoms with Gasteiger partial charge in [0.05, 0.1) is 0 Å². The van der Waals surface area contributed by atoms with Gasteiger partial charge in [0.25, 0.3) is 5.91 Å². The quantitative estimate of drug-likeness (QED) is 0.812. The fraction of sp³-hybridized carbons (Fsp3) is 0.467. The smallest absolute Gasteiger partial charge is 0.254 e. The maximum atomic E-state index is 12.4. The highest BCUT2D eigenvalue weighted by atomic mass is 16.2. The second-order valence-corrected chi connectivity index (χ2v) is 4.84. The Morgan fingerprint density at radius 3 is 2.21 bits per heavy atom. The molecule has 0 N–H and O–H groups in total. The van der Waals surface area contributed by atoms with Crippen molar-refractivity contribution >= 4 is 11.8 Å². The van der Waals surface area contributed by atoms with Crippen molar-refractivity contribution < 1.29 is 9.59 Å². The van der Waals surface area contributed by atoms with Gasteiger partial charge in [-0.15, -0.1) is 0 Å². The molecule has 0 radical (unpaired) electrons. The first-order valence-corrected chi connectivity index (χ1v) is 6.76. The lowest BCUT2D eigenvalue weighted by Crippen LogP contribution is -2.50. The topological polar surface area (TPSA) is 40.6 Å². The summed E-state index contributed by atoms with van der Waals surface area (Å²) in [4.78, 5) is 27.6. The van der Waals surface area contributed by atoms with Crippen LogP contribution in [0.5, 0.6) is 0 Å². The molecule has 0 spiro atoms. The molecule has 1 aromatic rings. The van der Waals surface area contributed by atoms with Crippen molar-refractivity contribution in [3.05, 3.63) is 35.4 Å². The average Bonchev–Trinajstić information content (AvgIpc) is 2.46. The Balaban J connectivity index is 2.00. The summed E-state index contributed by atoms with van der Waals surface area (Å²) in [6, 6.07) is 7.63. The number of benzene rings is 1. The van der Waals surface area contributed by atoms with Gasteiger partial charge in [-0.3, -0.25) is 9.59 Å². The Bertz CT molecular complexity index is 477. The number of rotatable bonds is 2. The molecule has 1 saturated heterocycles. The normalized spacial score (nSPS) is 15.5. The van der Waals surface area contributed by atoms with Crippen LogP contribution in [0, 0.1) is 6.92 Å². The van der Waals surface area contributed by atoms with Gasteiger partial charge in [-0.1, -0.05) is 25.1 Å². The number of piperazine rings is 1. The molecule has 2 amide bonds. The van der Waals surface area contributed by atoms with Crippen LogP contribution in [-0.2, 0) is 4.79 Å². The van der Waals surface area contributed by atoms with E-state index in [1.165, 1.54) is 0 Å². The van der Waals surface area contributed by atoms with E-state index in [2.05, 4.69) is 0 Å². The van der Waals surface area contributed by atoms with Gasteiger partial charge in [0.2, 0.25) is 5.91 Å². The highest BCUT2D eigenvalue weighted by Gasteiger charge is 2.24. The molecule has 2 rings (SSSR count). The summed E-state index contributed by atoms with van der Waals surface area (Å²) in [5.74, 6) is 0.240. The first kappa shape index (κ1) is 13.6. The summed E-state index contributed by atoms with van der Waals surface area (Å²) in [6.45, 7) is 6.35. The van der Waals surface area contributed by atoms with Crippen LogP contribution in [0.4, 0.5) is 0 Å². The van der Waals surface area contributed by atoms with E-state index >= 15 is 0 Å². The minimum Gasteiger partial charge on any atom is -0.339 e. The van der Waals surface area contributed by atoms with Crippen molar-refractivity contribution in [2.24, 2.45) is 0 Å². The number of hydrogen-bond acceptors (Lipinski definition) is 2.